The number of carbonyl (C=O) groups excluding carboxylic acids is 4. The van der Waals surface area contributed by atoms with Gasteiger partial charge in [-0.2, -0.15) is 0 Å². The minimum absolute atomic E-state index is 0.153. The van der Waals surface area contributed by atoms with Crippen molar-refractivity contribution in [3.63, 3.8) is 0 Å². The van der Waals surface area contributed by atoms with Crippen molar-refractivity contribution >= 4 is 40.7 Å². The molecule has 1 N–H and O–H groups in total. The Kier molecular flexibility index (Phi) is 5.35. The molecule has 1 heterocycles. The van der Waals surface area contributed by atoms with E-state index in [1.807, 2.05) is 0 Å². The third-order valence-electron chi connectivity index (χ3n) is 4.81. The molecule has 0 saturated heterocycles. The first-order chi connectivity index (χ1) is 14.8. The van der Waals surface area contributed by atoms with Gasteiger partial charge in [0.1, 0.15) is 5.15 Å². The van der Waals surface area contributed by atoms with Crippen LogP contribution >= 0.6 is 11.6 Å². The number of esters is 1. The summed E-state index contributed by atoms with van der Waals surface area (Å²) in [4.78, 5) is 53.9. The number of fused-ring (bicyclic) bond motifs is 2. The fraction of sp³-hybridized carbons (Fsp3) is 0.0870. The molecule has 154 valence electrons. The highest BCUT2D eigenvalue weighted by Crippen LogP contribution is 2.29. The number of hydrogen-bond donors (Lipinski definition) is 1. The van der Waals surface area contributed by atoms with Gasteiger partial charge in [0.25, 0.3) is 5.91 Å². The molecule has 4 rings (SSSR count). The highest BCUT2D eigenvalue weighted by atomic mass is 35.5. The molecule has 3 aromatic rings. The third kappa shape index (κ3) is 3.95. The Morgan fingerprint density at radius 1 is 0.935 bits per heavy atom. The van der Waals surface area contributed by atoms with Crippen LogP contribution in [0.4, 0.5) is 5.69 Å². The number of aromatic nitrogens is 1. The number of carbonyl (C=O) groups is 4. The number of benzene rings is 2. The molecule has 7 nitrogen and oxygen atoms in total. The summed E-state index contributed by atoms with van der Waals surface area (Å²) in [7, 11) is 0. The van der Waals surface area contributed by atoms with Gasteiger partial charge in [-0.25, -0.2) is 9.78 Å². The van der Waals surface area contributed by atoms with Gasteiger partial charge in [0.15, 0.2) is 17.7 Å². The molecule has 2 aromatic carbocycles. The van der Waals surface area contributed by atoms with Gasteiger partial charge < -0.3 is 10.1 Å². The lowest BCUT2D eigenvalue weighted by Gasteiger charge is -2.19. The molecule has 0 saturated carbocycles. The summed E-state index contributed by atoms with van der Waals surface area (Å²) in [5.74, 6) is -1.86. The first-order valence-corrected chi connectivity index (χ1v) is 9.69. The van der Waals surface area contributed by atoms with Crippen LogP contribution in [0.2, 0.25) is 5.15 Å². The molecule has 0 radical (unpaired) electrons. The molecule has 8 heteroatoms. The maximum Gasteiger partial charge on any atom is 0.340 e. The van der Waals surface area contributed by atoms with Crippen molar-refractivity contribution in [2.75, 3.05) is 5.32 Å². The molecule has 1 unspecified atom stereocenters. The molecular formula is C23H15ClN2O5. The van der Waals surface area contributed by atoms with Gasteiger partial charge in [-0.05, 0) is 37.3 Å². The number of anilines is 1. The van der Waals surface area contributed by atoms with Gasteiger partial charge in [0.2, 0.25) is 0 Å². The van der Waals surface area contributed by atoms with E-state index in [4.69, 9.17) is 16.3 Å². The zero-order chi connectivity index (χ0) is 22.1. The lowest BCUT2D eigenvalue weighted by molar-refractivity contribution is -0.123. The standard InChI is InChI=1S/C23H15ClN2O5/c1-12(31-23(30)13-6-9-19(24)25-11-13)22(29)26-14-7-8-17-18(10-14)21(28)16-5-3-2-4-15(16)20(17)27/h2-12H,1H3,(H,26,29). The van der Waals surface area contributed by atoms with Gasteiger partial charge in [-0.15, -0.1) is 0 Å². The second kappa shape index (κ2) is 8.12. The van der Waals surface area contributed by atoms with E-state index in [1.54, 1.807) is 24.3 Å². The predicted octanol–water partition coefficient (Wildman–Crippen LogP) is 3.69. The van der Waals surface area contributed by atoms with Crippen molar-refractivity contribution in [1.29, 1.82) is 0 Å². The van der Waals surface area contributed by atoms with E-state index < -0.39 is 18.0 Å². The van der Waals surface area contributed by atoms with Gasteiger partial charge in [0, 0.05) is 34.1 Å². The molecular weight excluding hydrogens is 420 g/mol. The fourth-order valence-electron chi connectivity index (χ4n) is 3.20. The van der Waals surface area contributed by atoms with Gasteiger partial charge in [-0.3, -0.25) is 14.4 Å². The molecule has 0 fully saturated rings. The van der Waals surface area contributed by atoms with Crippen LogP contribution in [0.1, 0.15) is 49.1 Å². The van der Waals surface area contributed by atoms with Crippen molar-refractivity contribution in [2.24, 2.45) is 0 Å². The van der Waals surface area contributed by atoms with Crippen molar-refractivity contribution in [1.82, 2.24) is 4.98 Å². The van der Waals surface area contributed by atoms with Crippen LogP contribution < -0.4 is 5.32 Å². The predicted molar refractivity (Wildman–Crippen MR) is 113 cm³/mol. The second-order valence-corrected chi connectivity index (χ2v) is 7.26. The minimum atomic E-state index is -1.11. The van der Waals surface area contributed by atoms with Gasteiger partial charge in [-0.1, -0.05) is 35.9 Å². The Labute approximate surface area is 182 Å². The average molecular weight is 435 g/mol. The summed E-state index contributed by atoms with van der Waals surface area (Å²) < 4.78 is 5.15. The molecule has 0 bridgehead atoms. The van der Waals surface area contributed by atoms with Crippen molar-refractivity contribution in [3.8, 4) is 0 Å². The minimum Gasteiger partial charge on any atom is -0.449 e. The highest BCUT2D eigenvalue weighted by Gasteiger charge is 2.29. The van der Waals surface area contributed by atoms with Crippen LogP contribution in [-0.2, 0) is 9.53 Å². The molecule has 1 aliphatic carbocycles. The largest absolute Gasteiger partial charge is 0.449 e. The summed E-state index contributed by atoms with van der Waals surface area (Å²) in [5, 5.41) is 2.83. The van der Waals surface area contributed by atoms with E-state index in [9.17, 15) is 19.2 Å². The SMILES string of the molecule is CC(OC(=O)c1ccc(Cl)nc1)C(=O)Nc1ccc2c(c1)C(=O)c1ccccc1C2=O. The number of pyridine rings is 1. The second-order valence-electron chi connectivity index (χ2n) is 6.87. The van der Waals surface area contributed by atoms with Crippen LogP contribution in [0, 0.1) is 0 Å². The summed E-state index contributed by atoms with van der Waals surface area (Å²) >= 11 is 5.69. The number of hydrogen-bond acceptors (Lipinski definition) is 6. The lowest BCUT2D eigenvalue weighted by atomic mass is 9.84. The first kappa shape index (κ1) is 20.4. The molecule has 1 atom stereocenters. The molecule has 0 aliphatic heterocycles. The first-order valence-electron chi connectivity index (χ1n) is 9.31. The smallest absolute Gasteiger partial charge is 0.340 e. The van der Waals surface area contributed by atoms with Gasteiger partial charge in [0.05, 0.1) is 5.56 Å². The molecule has 1 aromatic heterocycles. The Bertz CT molecular complexity index is 1240. The van der Waals surface area contributed by atoms with Crippen LogP contribution in [0.25, 0.3) is 0 Å². The van der Waals surface area contributed by atoms with Gasteiger partial charge >= 0.3 is 5.97 Å². The highest BCUT2D eigenvalue weighted by molar-refractivity contribution is 6.29. The fourth-order valence-corrected chi connectivity index (χ4v) is 3.31. The van der Waals surface area contributed by atoms with E-state index in [1.165, 1.54) is 43.5 Å². The number of amides is 1. The maximum absolute atomic E-state index is 12.8. The van der Waals surface area contributed by atoms with Crippen LogP contribution in [0.5, 0.6) is 0 Å². The number of ether oxygens (including phenoxy) is 1. The van der Waals surface area contributed by atoms with E-state index in [-0.39, 0.29) is 33.4 Å². The van der Waals surface area contributed by atoms with E-state index in [0.29, 0.717) is 16.8 Å². The van der Waals surface area contributed by atoms with Crippen LogP contribution in [0.3, 0.4) is 0 Å². The van der Waals surface area contributed by atoms with E-state index >= 15 is 0 Å². The monoisotopic (exact) mass is 434 g/mol. The summed E-state index contributed by atoms with van der Waals surface area (Å²) in [6.07, 6.45) is 0.136. The summed E-state index contributed by atoms with van der Waals surface area (Å²) in [5.41, 5.74) is 1.62. The third-order valence-corrected chi connectivity index (χ3v) is 5.03. The van der Waals surface area contributed by atoms with E-state index in [0.717, 1.165) is 0 Å². The van der Waals surface area contributed by atoms with Crippen molar-refractivity contribution in [2.45, 2.75) is 13.0 Å². The molecule has 1 amide bonds. The quantitative estimate of drug-likeness (QED) is 0.388. The zero-order valence-corrected chi connectivity index (χ0v) is 17.0. The van der Waals surface area contributed by atoms with Crippen LogP contribution in [-0.4, -0.2) is 34.5 Å². The summed E-state index contributed by atoms with van der Waals surface area (Å²) in [6, 6.07) is 13.9. The number of rotatable bonds is 4. The number of nitrogens with zero attached hydrogens (tertiary/aromatic N) is 1. The maximum atomic E-state index is 12.8. The van der Waals surface area contributed by atoms with E-state index in [2.05, 4.69) is 10.3 Å². The van der Waals surface area contributed by atoms with Crippen LogP contribution in [0.15, 0.2) is 60.8 Å². The molecule has 1 aliphatic rings. The number of halogens is 1. The normalized spacial score (nSPS) is 13.1. The summed E-state index contributed by atoms with van der Waals surface area (Å²) in [6.45, 7) is 1.42. The topological polar surface area (TPSA) is 102 Å². The van der Waals surface area contributed by atoms with Crippen molar-refractivity contribution < 1.29 is 23.9 Å². The molecule has 31 heavy (non-hydrogen) atoms. The Hall–Kier alpha value is -3.84. The Morgan fingerprint density at radius 2 is 1.58 bits per heavy atom. The number of nitrogens with one attached hydrogen (secondary N) is 1. The average Bonchev–Trinajstić information content (AvgIpc) is 2.77. The lowest BCUT2D eigenvalue weighted by Crippen LogP contribution is -2.30. The Morgan fingerprint density at radius 3 is 2.23 bits per heavy atom. The Balaban J connectivity index is 1.49. The van der Waals surface area contributed by atoms with Crippen molar-refractivity contribution in [3.05, 3.63) is 93.8 Å². The molecule has 0 spiro atoms. The number of ketones is 2. The zero-order valence-electron chi connectivity index (χ0n) is 16.2.